The maximum Gasteiger partial charge on any atom is 0.146 e. The number of nitrogens with zero attached hydrogens (tertiary/aromatic N) is 1. The van der Waals surface area contributed by atoms with Gasteiger partial charge in [0.1, 0.15) is 5.82 Å². The zero-order chi connectivity index (χ0) is 12.4. The molecule has 0 radical (unpaired) electrons. The third-order valence-corrected chi connectivity index (χ3v) is 3.06. The van der Waals surface area contributed by atoms with Crippen LogP contribution in [-0.2, 0) is 0 Å². The fourth-order valence-corrected chi connectivity index (χ4v) is 2.46. The van der Waals surface area contributed by atoms with Crippen LogP contribution in [0.5, 0.6) is 0 Å². The van der Waals surface area contributed by atoms with Crippen LogP contribution in [0.3, 0.4) is 0 Å². The van der Waals surface area contributed by atoms with Crippen LogP contribution in [0.2, 0.25) is 5.02 Å². The Balaban J connectivity index is 2.43. The molecule has 1 heterocycles. The number of pyridine rings is 1. The van der Waals surface area contributed by atoms with Gasteiger partial charge in [0.2, 0.25) is 0 Å². The Morgan fingerprint density at radius 2 is 2.12 bits per heavy atom. The highest BCUT2D eigenvalue weighted by Gasteiger charge is 2.14. The van der Waals surface area contributed by atoms with Crippen molar-refractivity contribution in [3.8, 4) is 0 Å². The van der Waals surface area contributed by atoms with E-state index < -0.39 is 11.9 Å². The molecule has 1 aromatic carbocycles. The highest BCUT2D eigenvalue weighted by molar-refractivity contribution is 9.10. The molecule has 1 atom stereocenters. The van der Waals surface area contributed by atoms with Crippen molar-refractivity contribution in [1.29, 1.82) is 0 Å². The van der Waals surface area contributed by atoms with Crippen LogP contribution in [0.1, 0.15) is 17.2 Å². The second-order valence-electron chi connectivity index (χ2n) is 3.58. The Kier molecular flexibility index (Phi) is 3.76. The molecule has 0 bridgehead atoms. The second-order valence-corrected chi connectivity index (χ2v) is 4.93. The predicted molar refractivity (Wildman–Crippen MR) is 69.4 cm³/mol. The standard InChI is InChI=1S/C12H9BrClFN2/c13-8-3-7(4-9(14)5-8)12(16)10-1-2-17-6-11(10)15/h1-6,12H,16H2. The van der Waals surface area contributed by atoms with Crippen LogP contribution in [0.15, 0.2) is 41.1 Å². The summed E-state index contributed by atoms with van der Waals surface area (Å²) in [6.45, 7) is 0. The lowest BCUT2D eigenvalue weighted by molar-refractivity contribution is 0.593. The maximum atomic E-state index is 13.5. The molecule has 2 aromatic rings. The average Bonchev–Trinajstić information content (AvgIpc) is 2.27. The van der Waals surface area contributed by atoms with E-state index in [1.54, 1.807) is 18.2 Å². The van der Waals surface area contributed by atoms with Crippen molar-refractivity contribution in [2.75, 3.05) is 0 Å². The first-order chi connectivity index (χ1) is 8.08. The van der Waals surface area contributed by atoms with E-state index in [-0.39, 0.29) is 0 Å². The van der Waals surface area contributed by atoms with E-state index >= 15 is 0 Å². The lowest BCUT2D eigenvalue weighted by atomic mass is 10.0. The first kappa shape index (κ1) is 12.5. The highest BCUT2D eigenvalue weighted by atomic mass is 79.9. The van der Waals surface area contributed by atoms with Gasteiger partial charge in [0.25, 0.3) is 0 Å². The molecule has 2 N–H and O–H groups in total. The molecular weight excluding hydrogens is 307 g/mol. The minimum Gasteiger partial charge on any atom is -0.320 e. The van der Waals surface area contributed by atoms with Gasteiger partial charge in [-0.25, -0.2) is 4.39 Å². The molecule has 0 aliphatic rings. The Labute approximate surface area is 112 Å². The van der Waals surface area contributed by atoms with Crippen molar-refractivity contribution >= 4 is 27.5 Å². The molecule has 2 nitrogen and oxygen atoms in total. The van der Waals surface area contributed by atoms with Crippen LogP contribution in [0.4, 0.5) is 4.39 Å². The molecule has 1 unspecified atom stereocenters. The maximum absolute atomic E-state index is 13.5. The van der Waals surface area contributed by atoms with Crippen molar-refractivity contribution in [1.82, 2.24) is 4.98 Å². The van der Waals surface area contributed by atoms with Gasteiger partial charge in [0.05, 0.1) is 12.2 Å². The second kappa shape index (κ2) is 5.12. The molecule has 0 aliphatic heterocycles. The van der Waals surface area contributed by atoms with E-state index in [2.05, 4.69) is 20.9 Å². The summed E-state index contributed by atoms with van der Waals surface area (Å²) in [6.07, 6.45) is 2.66. The third-order valence-electron chi connectivity index (χ3n) is 2.38. The van der Waals surface area contributed by atoms with Crippen LogP contribution >= 0.6 is 27.5 Å². The summed E-state index contributed by atoms with van der Waals surface area (Å²) in [4.78, 5) is 3.69. The van der Waals surface area contributed by atoms with Gasteiger partial charge < -0.3 is 5.73 Å². The van der Waals surface area contributed by atoms with Gasteiger partial charge >= 0.3 is 0 Å². The van der Waals surface area contributed by atoms with Crippen LogP contribution < -0.4 is 5.73 Å². The number of hydrogen-bond donors (Lipinski definition) is 1. The van der Waals surface area contributed by atoms with Gasteiger partial charge in [0.15, 0.2) is 0 Å². The molecule has 0 spiro atoms. The van der Waals surface area contributed by atoms with Gasteiger partial charge in [-0.3, -0.25) is 4.98 Å². The van der Waals surface area contributed by atoms with Gasteiger partial charge in [-0.15, -0.1) is 0 Å². The zero-order valence-electron chi connectivity index (χ0n) is 8.70. The number of rotatable bonds is 2. The van der Waals surface area contributed by atoms with Crippen LogP contribution in [0, 0.1) is 5.82 Å². The summed E-state index contributed by atoms with van der Waals surface area (Å²) >= 11 is 9.26. The molecule has 5 heteroatoms. The Morgan fingerprint density at radius 3 is 2.76 bits per heavy atom. The first-order valence-electron chi connectivity index (χ1n) is 4.89. The van der Waals surface area contributed by atoms with E-state index in [0.29, 0.717) is 10.6 Å². The molecule has 17 heavy (non-hydrogen) atoms. The van der Waals surface area contributed by atoms with Crippen molar-refractivity contribution < 1.29 is 4.39 Å². The minimum absolute atomic E-state index is 0.397. The van der Waals surface area contributed by atoms with Crippen molar-refractivity contribution in [2.24, 2.45) is 5.73 Å². The van der Waals surface area contributed by atoms with Gasteiger partial charge in [-0.2, -0.15) is 0 Å². The number of nitrogens with two attached hydrogens (primary N) is 1. The first-order valence-corrected chi connectivity index (χ1v) is 6.06. The third kappa shape index (κ3) is 2.83. The summed E-state index contributed by atoms with van der Waals surface area (Å²) in [5, 5.41) is 0.555. The summed E-state index contributed by atoms with van der Waals surface area (Å²) < 4.78 is 14.3. The molecule has 88 valence electrons. The number of halogens is 3. The van der Waals surface area contributed by atoms with Gasteiger partial charge in [0, 0.05) is 21.3 Å². The fraction of sp³-hybridized carbons (Fsp3) is 0.0833. The smallest absolute Gasteiger partial charge is 0.146 e. The topological polar surface area (TPSA) is 38.9 Å². The lowest BCUT2D eigenvalue weighted by Gasteiger charge is -2.13. The largest absolute Gasteiger partial charge is 0.320 e. The molecule has 0 fully saturated rings. The van der Waals surface area contributed by atoms with Crippen LogP contribution in [0.25, 0.3) is 0 Å². The molecule has 0 saturated heterocycles. The van der Waals surface area contributed by atoms with E-state index in [1.165, 1.54) is 6.20 Å². The molecule has 1 aromatic heterocycles. The quantitative estimate of drug-likeness (QED) is 0.918. The number of benzene rings is 1. The number of hydrogen-bond acceptors (Lipinski definition) is 2. The Hall–Kier alpha value is -0.970. The monoisotopic (exact) mass is 314 g/mol. The molecule has 0 amide bonds. The molecular formula is C12H9BrClFN2. The van der Waals surface area contributed by atoms with E-state index in [0.717, 1.165) is 16.2 Å². The van der Waals surface area contributed by atoms with E-state index in [9.17, 15) is 4.39 Å². The van der Waals surface area contributed by atoms with Gasteiger partial charge in [-0.1, -0.05) is 27.5 Å². The normalized spacial score (nSPS) is 12.5. The Morgan fingerprint density at radius 1 is 1.35 bits per heavy atom. The van der Waals surface area contributed by atoms with Crippen molar-refractivity contribution in [3.05, 3.63) is 63.1 Å². The molecule has 0 aliphatic carbocycles. The van der Waals surface area contributed by atoms with E-state index in [1.807, 2.05) is 6.07 Å². The SMILES string of the molecule is NC(c1cc(Cl)cc(Br)c1)c1ccncc1F. The fourth-order valence-electron chi connectivity index (χ4n) is 1.57. The van der Waals surface area contributed by atoms with Crippen molar-refractivity contribution in [3.63, 3.8) is 0 Å². The molecule has 0 saturated carbocycles. The van der Waals surface area contributed by atoms with E-state index in [4.69, 9.17) is 17.3 Å². The summed E-state index contributed by atoms with van der Waals surface area (Å²) in [5.74, 6) is -0.420. The van der Waals surface area contributed by atoms with Crippen LogP contribution in [-0.4, -0.2) is 4.98 Å². The average molecular weight is 316 g/mol. The highest BCUT2D eigenvalue weighted by Crippen LogP contribution is 2.27. The minimum atomic E-state index is -0.562. The molecule has 2 rings (SSSR count). The number of aromatic nitrogens is 1. The summed E-state index contributed by atoms with van der Waals surface area (Å²) in [6, 6.07) is 6.29. The van der Waals surface area contributed by atoms with Crippen molar-refractivity contribution in [2.45, 2.75) is 6.04 Å². The predicted octanol–water partition coefficient (Wildman–Crippen LogP) is 3.68. The Bertz CT molecular complexity index is 528. The lowest BCUT2D eigenvalue weighted by Crippen LogP contribution is -2.13. The van der Waals surface area contributed by atoms with Gasteiger partial charge in [-0.05, 0) is 29.8 Å². The zero-order valence-corrected chi connectivity index (χ0v) is 11.0. The summed E-state index contributed by atoms with van der Waals surface area (Å²) in [7, 11) is 0. The summed E-state index contributed by atoms with van der Waals surface area (Å²) in [5.41, 5.74) is 7.15.